The Morgan fingerprint density at radius 3 is 2.43 bits per heavy atom. The van der Waals surface area contributed by atoms with Gasteiger partial charge in [-0.05, 0) is 37.8 Å². The average Bonchev–Trinajstić information content (AvgIpc) is 2.53. The highest BCUT2D eigenvalue weighted by molar-refractivity contribution is 5.94. The molecule has 0 saturated heterocycles. The van der Waals surface area contributed by atoms with Crippen LogP contribution in [0.5, 0.6) is 0 Å². The Morgan fingerprint density at radius 2 is 1.86 bits per heavy atom. The van der Waals surface area contributed by atoms with Crippen LogP contribution >= 0.6 is 0 Å². The summed E-state index contributed by atoms with van der Waals surface area (Å²) in [4.78, 5) is 28.9. The standard InChI is InChI=1S/C15H20N2O4/c1-17(10-6-8-11(21-2)9-7-10)14(18)12-4-3-5-13(16-12)15(19)20/h3-5,10-11H,6-9H2,1-2H3,(H,19,20). The molecule has 1 aromatic heterocycles. The Hall–Kier alpha value is -1.95. The number of rotatable bonds is 4. The molecule has 2 rings (SSSR count). The lowest BCUT2D eigenvalue weighted by Gasteiger charge is -2.34. The number of pyridine rings is 1. The Balaban J connectivity index is 2.06. The van der Waals surface area contributed by atoms with Crippen LogP contribution in [0.4, 0.5) is 0 Å². The molecule has 0 radical (unpaired) electrons. The van der Waals surface area contributed by atoms with Gasteiger partial charge in [-0.25, -0.2) is 9.78 Å². The summed E-state index contributed by atoms with van der Waals surface area (Å²) in [5.41, 5.74) is 0.0589. The second-order valence-electron chi connectivity index (χ2n) is 5.30. The van der Waals surface area contributed by atoms with Crippen molar-refractivity contribution >= 4 is 11.9 Å². The summed E-state index contributed by atoms with van der Waals surface area (Å²) in [5, 5.41) is 8.93. The number of aromatic carboxylic acids is 1. The maximum Gasteiger partial charge on any atom is 0.354 e. The number of carbonyl (C=O) groups excluding carboxylic acids is 1. The first-order valence-electron chi connectivity index (χ1n) is 7.03. The van der Waals surface area contributed by atoms with Gasteiger partial charge in [0.15, 0.2) is 0 Å². The lowest BCUT2D eigenvalue weighted by molar-refractivity contribution is 0.0383. The summed E-state index contributed by atoms with van der Waals surface area (Å²) in [5.74, 6) is -1.37. The monoisotopic (exact) mass is 292 g/mol. The molecule has 1 heterocycles. The van der Waals surface area contributed by atoms with Crippen molar-refractivity contribution in [3.05, 3.63) is 29.6 Å². The predicted octanol–water partition coefficient (Wildman–Crippen LogP) is 1.81. The van der Waals surface area contributed by atoms with Crippen molar-refractivity contribution in [2.24, 2.45) is 0 Å². The molecule has 0 unspecified atom stereocenters. The lowest BCUT2D eigenvalue weighted by atomic mass is 9.92. The van der Waals surface area contributed by atoms with Gasteiger partial charge in [0.1, 0.15) is 11.4 Å². The molecule has 0 aliphatic heterocycles. The molecule has 0 atom stereocenters. The number of ether oxygens (including phenoxy) is 1. The van der Waals surface area contributed by atoms with Gasteiger partial charge in [-0.3, -0.25) is 4.79 Å². The van der Waals surface area contributed by atoms with Crippen molar-refractivity contribution in [3.8, 4) is 0 Å². The molecule has 1 aliphatic carbocycles. The van der Waals surface area contributed by atoms with E-state index in [9.17, 15) is 9.59 Å². The van der Waals surface area contributed by atoms with E-state index in [-0.39, 0.29) is 29.4 Å². The first-order chi connectivity index (χ1) is 10.0. The Kier molecular flexibility index (Phi) is 4.90. The third kappa shape index (κ3) is 3.58. The van der Waals surface area contributed by atoms with Crippen LogP contribution in [0.2, 0.25) is 0 Å². The Morgan fingerprint density at radius 1 is 1.24 bits per heavy atom. The topological polar surface area (TPSA) is 79.7 Å². The van der Waals surface area contributed by atoms with Crippen LogP contribution in [0.25, 0.3) is 0 Å². The van der Waals surface area contributed by atoms with E-state index >= 15 is 0 Å². The van der Waals surface area contributed by atoms with Gasteiger partial charge in [-0.2, -0.15) is 0 Å². The number of carboxylic acids is 1. The highest BCUT2D eigenvalue weighted by Gasteiger charge is 2.27. The van der Waals surface area contributed by atoms with Crippen LogP contribution in [0.1, 0.15) is 46.7 Å². The van der Waals surface area contributed by atoms with E-state index in [1.807, 2.05) is 0 Å². The number of nitrogens with zero attached hydrogens (tertiary/aromatic N) is 2. The molecular weight excluding hydrogens is 272 g/mol. The van der Waals surface area contributed by atoms with Crippen molar-refractivity contribution in [1.29, 1.82) is 0 Å². The second kappa shape index (κ2) is 6.67. The van der Waals surface area contributed by atoms with Gasteiger partial charge in [0.05, 0.1) is 6.10 Å². The average molecular weight is 292 g/mol. The van der Waals surface area contributed by atoms with Crippen molar-refractivity contribution in [3.63, 3.8) is 0 Å². The number of aromatic nitrogens is 1. The normalized spacial score (nSPS) is 21.8. The highest BCUT2D eigenvalue weighted by atomic mass is 16.5. The van der Waals surface area contributed by atoms with E-state index in [0.29, 0.717) is 0 Å². The minimum absolute atomic E-state index is 0.114. The van der Waals surface area contributed by atoms with Gasteiger partial charge in [0, 0.05) is 20.2 Å². The number of carbonyl (C=O) groups is 2. The van der Waals surface area contributed by atoms with E-state index in [1.54, 1.807) is 31.2 Å². The van der Waals surface area contributed by atoms with Crippen LogP contribution < -0.4 is 0 Å². The largest absolute Gasteiger partial charge is 0.477 e. The van der Waals surface area contributed by atoms with Crippen LogP contribution in [-0.4, -0.2) is 53.2 Å². The molecule has 1 saturated carbocycles. The molecule has 0 bridgehead atoms. The van der Waals surface area contributed by atoms with Gasteiger partial charge >= 0.3 is 5.97 Å². The molecule has 0 aromatic carbocycles. The first-order valence-corrected chi connectivity index (χ1v) is 7.03. The fourth-order valence-corrected chi connectivity index (χ4v) is 2.69. The molecule has 1 aliphatic rings. The summed E-state index contributed by atoms with van der Waals surface area (Å²) in [6.07, 6.45) is 3.92. The minimum atomic E-state index is -1.13. The SMILES string of the molecule is COC1CCC(N(C)C(=O)c2cccc(C(=O)O)n2)CC1. The maximum absolute atomic E-state index is 12.4. The molecule has 21 heavy (non-hydrogen) atoms. The molecule has 1 amide bonds. The van der Waals surface area contributed by atoms with Gasteiger partial charge in [0.2, 0.25) is 0 Å². The third-order valence-corrected chi connectivity index (χ3v) is 4.03. The molecule has 6 nitrogen and oxygen atoms in total. The van der Waals surface area contributed by atoms with E-state index in [1.165, 1.54) is 6.07 Å². The van der Waals surface area contributed by atoms with E-state index in [0.717, 1.165) is 25.7 Å². The van der Waals surface area contributed by atoms with Gasteiger partial charge in [-0.15, -0.1) is 0 Å². The zero-order chi connectivity index (χ0) is 15.4. The van der Waals surface area contributed by atoms with Gasteiger partial charge < -0.3 is 14.7 Å². The quantitative estimate of drug-likeness (QED) is 0.915. The zero-order valence-electron chi connectivity index (χ0n) is 12.3. The first kappa shape index (κ1) is 15.4. The molecular formula is C15H20N2O4. The van der Waals surface area contributed by atoms with E-state index in [4.69, 9.17) is 9.84 Å². The summed E-state index contributed by atoms with van der Waals surface area (Å²) in [6, 6.07) is 4.62. The summed E-state index contributed by atoms with van der Waals surface area (Å²) in [7, 11) is 3.45. The minimum Gasteiger partial charge on any atom is -0.477 e. The molecule has 0 spiro atoms. The van der Waals surface area contributed by atoms with Crippen molar-refractivity contribution in [1.82, 2.24) is 9.88 Å². The summed E-state index contributed by atoms with van der Waals surface area (Å²) < 4.78 is 5.33. The maximum atomic E-state index is 12.4. The molecule has 1 fully saturated rings. The van der Waals surface area contributed by atoms with Crippen LogP contribution in [-0.2, 0) is 4.74 Å². The summed E-state index contributed by atoms with van der Waals surface area (Å²) >= 11 is 0. The number of hydrogen-bond donors (Lipinski definition) is 1. The molecule has 6 heteroatoms. The zero-order valence-corrected chi connectivity index (χ0v) is 12.3. The fourth-order valence-electron chi connectivity index (χ4n) is 2.69. The number of methoxy groups -OCH3 is 1. The number of amides is 1. The second-order valence-corrected chi connectivity index (χ2v) is 5.30. The van der Waals surface area contributed by atoms with Crippen LogP contribution in [0, 0.1) is 0 Å². The van der Waals surface area contributed by atoms with Crippen LogP contribution in [0.15, 0.2) is 18.2 Å². The Bertz CT molecular complexity index is 524. The smallest absolute Gasteiger partial charge is 0.354 e. The predicted molar refractivity (Wildman–Crippen MR) is 76.3 cm³/mol. The highest BCUT2D eigenvalue weighted by Crippen LogP contribution is 2.24. The van der Waals surface area contributed by atoms with E-state index < -0.39 is 5.97 Å². The molecule has 1 N–H and O–H groups in total. The number of carboxylic acid groups (broad SMARTS) is 1. The Labute approximate surface area is 123 Å². The van der Waals surface area contributed by atoms with Crippen molar-refractivity contribution < 1.29 is 19.4 Å². The molecule has 1 aromatic rings. The lowest BCUT2D eigenvalue weighted by Crippen LogP contribution is -2.41. The fraction of sp³-hybridized carbons (Fsp3) is 0.533. The third-order valence-electron chi connectivity index (χ3n) is 4.03. The van der Waals surface area contributed by atoms with Gasteiger partial charge in [0.25, 0.3) is 5.91 Å². The van der Waals surface area contributed by atoms with Crippen molar-refractivity contribution in [2.75, 3.05) is 14.2 Å². The number of hydrogen-bond acceptors (Lipinski definition) is 4. The van der Waals surface area contributed by atoms with Gasteiger partial charge in [-0.1, -0.05) is 6.07 Å². The van der Waals surface area contributed by atoms with E-state index in [2.05, 4.69) is 4.98 Å². The van der Waals surface area contributed by atoms with Crippen LogP contribution in [0.3, 0.4) is 0 Å². The van der Waals surface area contributed by atoms with Crippen molar-refractivity contribution in [2.45, 2.75) is 37.8 Å². The summed E-state index contributed by atoms with van der Waals surface area (Å²) in [6.45, 7) is 0. The molecule has 114 valence electrons.